The molecule has 6 heteroatoms. The van der Waals surface area contributed by atoms with Crippen LogP contribution in [0.2, 0.25) is 5.02 Å². The first-order chi connectivity index (χ1) is 10.4. The number of rotatable bonds is 4. The van der Waals surface area contributed by atoms with Crippen LogP contribution in [0.15, 0.2) is 36.4 Å². The first-order valence-corrected chi connectivity index (χ1v) is 7.15. The molecule has 0 aromatic heterocycles. The van der Waals surface area contributed by atoms with E-state index in [0.717, 1.165) is 0 Å². The minimum Gasteiger partial charge on any atom is -0.321 e. The Kier molecular flexibility index (Phi) is 4.78. The molecule has 0 bridgehead atoms. The maximum Gasteiger partial charge on any atom is 0.270 e. The normalized spacial score (nSPS) is 10.3. The molecule has 0 aliphatic carbocycles. The first kappa shape index (κ1) is 16.0. The van der Waals surface area contributed by atoms with Crippen molar-refractivity contribution in [2.75, 3.05) is 5.32 Å². The van der Waals surface area contributed by atoms with Gasteiger partial charge in [0.1, 0.15) is 0 Å². The number of carbonyl (C=O) groups is 1. The first-order valence-electron chi connectivity index (χ1n) is 6.77. The maximum atomic E-state index is 12.3. The fourth-order valence-electron chi connectivity index (χ4n) is 2.23. The van der Waals surface area contributed by atoms with Gasteiger partial charge in [0, 0.05) is 17.8 Å². The van der Waals surface area contributed by atoms with E-state index < -0.39 is 4.92 Å². The number of hydrogen-bond acceptors (Lipinski definition) is 3. The van der Waals surface area contributed by atoms with Gasteiger partial charge < -0.3 is 5.32 Å². The molecule has 114 valence electrons. The Bertz CT molecular complexity index is 744. The SMILES string of the molecule is CCc1cc([N+](=O)[O-])cc(C)c1NC(=O)c1ccccc1Cl. The third kappa shape index (κ3) is 3.26. The Morgan fingerprint density at radius 1 is 1.32 bits per heavy atom. The van der Waals surface area contributed by atoms with Crippen LogP contribution in [0, 0.1) is 17.0 Å². The Labute approximate surface area is 133 Å². The van der Waals surface area contributed by atoms with E-state index in [4.69, 9.17) is 11.6 Å². The summed E-state index contributed by atoms with van der Waals surface area (Å²) in [6.07, 6.45) is 0.570. The van der Waals surface area contributed by atoms with Crippen LogP contribution in [0.5, 0.6) is 0 Å². The second-order valence-corrected chi connectivity index (χ2v) is 5.25. The number of aryl methyl sites for hydroxylation is 2. The van der Waals surface area contributed by atoms with Crippen molar-refractivity contribution in [3.8, 4) is 0 Å². The van der Waals surface area contributed by atoms with Crippen LogP contribution in [-0.4, -0.2) is 10.8 Å². The number of nitro groups is 1. The van der Waals surface area contributed by atoms with E-state index in [2.05, 4.69) is 5.32 Å². The number of benzene rings is 2. The fourth-order valence-corrected chi connectivity index (χ4v) is 2.45. The predicted octanol–water partition coefficient (Wildman–Crippen LogP) is 4.37. The summed E-state index contributed by atoms with van der Waals surface area (Å²) in [5, 5.41) is 14.1. The molecular formula is C16H15ClN2O3. The van der Waals surface area contributed by atoms with E-state index in [1.165, 1.54) is 12.1 Å². The Hall–Kier alpha value is -2.40. The number of non-ortho nitro benzene ring substituents is 1. The third-order valence-electron chi connectivity index (χ3n) is 3.35. The van der Waals surface area contributed by atoms with Gasteiger partial charge in [-0.3, -0.25) is 14.9 Å². The van der Waals surface area contributed by atoms with Gasteiger partial charge in [-0.05, 0) is 36.6 Å². The molecule has 0 saturated carbocycles. The fraction of sp³-hybridized carbons (Fsp3) is 0.188. The van der Waals surface area contributed by atoms with E-state index >= 15 is 0 Å². The van der Waals surface area contributed by atoms with Gasteiger partial charge in [0.05, 0.1) is 15.5 Å². The molecule has 0 aliphatic heterocycles. The predicted molar refractivity (Wildman–Crippen MR) is 86.6 cm³/mol. The zero-order valence-electron chi connectivity index (χ0n) is 12.2. The Morgan fingerprint density at radius 2 is 2.00 bits per heavy atom. The molecule has 2 aromatic carbocycles. The zero-order chi connectivity index (χ0) is 16.3. The molecule has 1 N–H and O–H groups in total. The minimum atomic E-state index is -0.439. The largest absolute Gasteiger partial charge is 0.321 e. The van der Waals surface area contributed by atoms with Crippen molar-refractivity contribution in [3.05, 3.63) is 68.2 Å². The van der Waals surface area contributed by atoms with Crippen LogP contribution in [0.1, 0.15) is 28.4 Å². The van der Waals surface area contributed by atoms with E-state index in [1.54, 1.807) is 31.2 Å². The minimum absolute atomic E-state index is 0.0186. The van der Waals surface area contributed by atoms with Crippen LogP contribution in [0.25, 0.3) is 0 Å². The van der Waals surface area contributed by atoms with Gasteiger partial charge in [-0.25, -0.2) is 0 Å². The van der Waals surface area contributed by atoms with Crippen LogP contribution in [0.4, 0.5) is 11.4 Å². The molecule has 0 fully saturated rings. The average Bonchev–Trinajstić information content (AvgIpc) is 2.49. The lowest BCUT2D eigenvalue weighted by molar-refractivity contribution is -0.384. The second kappa shape index (κ2) is 6.58. The van der Waals surface area contributed by atoms with Crippen molar-refractivity contribution >= 4 is 28.9 Å². The molecule has 0 heterocycles. The molecule has 2 aromatic rings. The molecule has 0 spiro atoms. The molecular weight excluding hydrogens is 304 g/mol. The molecule has 0 saturated heterocycles. The summed E-state index contributed by atoms with van der Waals surface area (Å²) in [6.45, 7) is 3.61. The summed E-state index contributed by atoms with van der Waals surface area (Å²) < 4.78 is 0. The smallest absolute Gasteiger partial charge is 0.270 e. The molecule has 5 nitrogen and oxygen atoms in total. The quantitative estimate of drug-likeness (QED) is 0.672. The van der Waals surface area contributed by atoms with Crippen LogP contribution in [0.3, 0.4) is 0 Å². The summed E-state index contributed by atoms with van der Waals surface area (Å²) in [5.74, 6) is -0.336. The number of carbonyl (C=O) groups excluding carboxylic acids is 1. The summed E-state index contributed by atoms with van der Waals surface area (Å²) >= 11 is 6.02. The number of amides is 1. The molecule has 0 unspecified atom stereocenters. The highest BCUT2D eigenvalue weighted by atomic mass is 35.5. The standard InChI is InChI=1S/C16H15ClN2O3/c1-3-11-9-12(19(21)22)8-10(2)15(11)18-16(20)13-6-4-5-7-14(13)17/h4-9H,3H2,1-2H3,(H,18,20). The van der Waals surface area contributed by atoms with E-state index in [-0.39, 0.29) is 11.6 Å². The molecule has 0 radical (unpaired) electrons. The van der Waals surface area contributed by atoms with Gasteiger partial charge in [-0.15, -0.1) is 0 Å². The average molecular weight is 319 g/mol. The number of nitrogens with one attached hydrogen (secondary N) is 1. The highest BCUT2D eigenvalue weighted by Gasteiger charge is 2.17. The summed E-state index contributed by atoms with van der Waals surface area (Å²) in [6, 6.07) is 9.67. The van der Waals surface area contributed by atoms with E-state index in [0.29, 0.717) is 33.8 Å². The lowest BCUT2D eigenvalue weighted by atomic mass is 10.0. The monoisotopic (exact) mass is 318 g/mol. The van der Waals surface area contributed by atoms with Gasteiger partial charge in [0.25, 0.3) is 11.6 Å². The lowest BCUT2D eigenvalue weighted by Crippen LogP contribution is -2.15. The van der Waals surface area contributed by atoms with E-state index in [9.17, 15) is 14.9 Å². The van der Waals surface area contributed by atoms with Crippen molar-refractivity contribution in [1.82, 2.24) is 0 Å². The van der Waals surface area contributed by atoms with Gasteiger partial charge in [0.15, 0.2) is 0 Å². The van der Waals surface area contributed by atoms with Gasteiger partial charge >= 0.3 is 0 Å². The van der Waals surface area contributed by atoms with Crippen LogP contribution < -0.4 is 5.32 Å². The highest BCUT2D eigenvalue weighted by molar-refractivity contribution is 6.34. The zero-order valence-corrected chi connectivity index (χ0v) is 13.0. The second-order valence-electron chi connectivity index (χ2n) is 4.84. The molecule has 22 heavy (non-hydrogen) atoms. The maximum absolute atomic E-state index is 12.3. The van der Waals surface area contributed by atoms with Crippen molar-refractivity contribution in [2.24, 2.45) is 0 Å². The van der Waals surface area contributed by atoms with Crippen molar-refractivity contribution in [3.63, 3.8) is 0 Å². The topological polar surface area (TPSA) is 72.2 Å². The molecule has 0 aliphatic rings. The molecule has 1 amide bonds. The molecule has 0 atom stereocenters. The van der Waals surface area contributed by atoms with Gasteiger partial charge in [-0.1, -0.05) is 30.7 Å². The number of nitrogens with zero attached hydrogens (tertiary/aromatic N) is 1. The number of anilines is 1. The summed E-state index contributed by atoms with van der Waals surface area (Å²) in [5.41, 5.74) is 2.34. The van der Waals surface area contributed by atoms with Crippen LogP contribution >= 0.6 is 11.6 Å². The number of hydrogen-bond donors (Lipinski definition) is 1. The lowest BCUT2D eigenvalue weighted by Gasteiger charge is -2.13. The van der Waals surface area contributed by atoms with Gasteiger partial charge in [0.2, 0.25) is 0 Å². The number of halogens is 1. The summed E-state index contributed by atoms with van der Waals surface area (Å²) in [7, 11) is 0. The van der Waals surface area contributed by atoms with Gasteiger partial charge in [-0.2, -0.15) is 0 Å². The van der Waals surface area contributed by atoms with Crippen molar-refractivity contribution < 1.29 is 9.72 Å². The van der Waals surface area contributed by atoms with E-state index in [1.807, 2.05) is 6.92 Å². The van der Waals surface area contributed by atoms with Crippen molar-refractivity contribution in [2.45, 2.75) is 20.3 Å². The third-order valence-corrected chi connectivity index (χ3v) is 3.68. The number of nitro benzene ring substituents is 1. The summed E-state index contributed by atoms with van der Waals surface area (Å²) in [4.78, 5) is 22.8. The molecule has 2 rings (SSSR count). The van der Waals surface area contributed by atoms with Crippen molar-refractivity contribution in [1.29, 1.82) is 0 Å². The Balaban J connectivity index is 2.39. The van der Waals surface area contributed by atoms with Crippen LogP contribution in [-0.2, 0) is 6.42 Å². The highest BCUT2D eigenvalue weighted by Crippen LogP contribution is 2.28. The Morgan fingerprint density at radius 3 is 2.59 bits per heavy atom.